The number of primary sulfonamides is 1. The molecule has 0 aliphatic carbocycles. The zero-order valence-corrected chi connectivity index (χ0v) is 17.7. The van der Waals surface area contributed by atoms with E-state index >= 15 is 0 Å². The first-order valence-corrected chi connectivity index (χ1v) is 11.9. The second-order valence-electron chi connectivity index (χ2n) is 6.58. The van der Waals surface area contributed by atoms with E-state index in [-0.39, 0.29) is 17.9 Å². The van der Waals surface area contributed by atoms with Crippen LogP contribution in [-0.4, -0.2) is 46.1 Å². The van der Waals surface area contributed by atoms with Gasteiger partial charge >= 0.3 is 0 Å². The molecule has 1 saturated heterocycles. The zero-order valence-electron chi connectivity index (χ0n) is 16.0. The van der Waals surface area contributed by atoms with Crippen LogP contribution in [0.1, 0.15) is 11.7 Å². The average Bonchev–Trinajstić information content (AvgIpc) is 3.25. The van der Waals surface area contributed by atoms with Gasteiger partial charge in [-0.3, -0.25) is 0 Å². The normalized spacial score (nSPS) is 16.5. The Labute approximate surface area is 178 Å². The maximum absolute atomic E-state index is 12.9. The van der Waals surface area contributed by atoms with Gasteiger partial charge in [0.05, 0.1) is 6.10 Å². The minimum absolute atomic E-state index is 0.0212. The van der Waals surface area contributed by atoms with E-state index in [9.17, 15) is 21.9 Å². The predicted octanol–water partition coefficient (Wildman–Crippen LogP) is -3.31. The molecule has 0 amide bonds. The average molecular weight is 474 g/mol. The van der Waals surface area contributed by atoms with Crippen molar-refractivity contribution in [3.63, 3.8) is 0 Å². The van der Waals surface area contributed by atoms with Crippen molar-refractivity contribution in [3.05, 3.63) is 36.0 Å². The summed E-state index contributed by atoms with van der Waals surface area (Å²) in [4.78, 5) is 2.69. The Hall–Kier alpha value is -2.25. The summed E-state index contributed by atoms with van der Waals surface area (Å²) in [6.07, 6.45) is -0.627. The maximum atomic E-state index is 12.9. The summed E-state index contributed by atoms with van der Waals surface area (Å²) in [5.41, 5.74) is 22.5. The molecule has 0 spiro atoms. The van der Waals surface area contributed by atoms with Gasteiger partial charge in [-0.2, -0.15) is 11.1 Å². The Morgan fingerprint density at radius 3 is 2.42 bits per heavy atom. The monoisotopic (exact) mass is 473 g/mol. The fourth-order valence-corrected chi connectivity index (χ4v) is 5.73. The van der Waals surface area contributed by atoms with Crippen LogP contribution in [0.3, 0.4) is 0 Å². The molecule has 31 heavy (non-hydrogen) atoms. The first-order valence-electron chi connectivity index (χ1n) is 8.85. The number of nitrogens with two attached hydrogens (primary N) is 3. The smallest absolute Gasteiger partial charge is 0.242 e. The highest BCUT2D eigenvalue weighted by molar-refractivity contribution is 7.92. The van der Waals surface area contributed by atoms with Gasteiger partial charge in [-0.25, -0.2) is 42.5 Å². The molecule has 1 aromatic heterocycles. The number of pyridine rings is 1. The number of nitrogens with zero attached hydrogens (tertiary/aromatic N) is 1. The van der Waals surface area contributed by atoms with Gasteiger partial charge in [-0.05, 0) is 29.3 Å². The highest BCUT2D eigenvalue weighted by Gasteiger charge is 2.34. The van der Waals surface area contributed by atoms with E-state index in [1.807, 2.05) is 0 Å². The Kier molecular flexibility index (Phi) is 6.86. The summed E-state index contributed by atoms with van der Waals surface area (Å²) < 4.78 is 53.2. The Balaban J connectivity index is 2.28. The van der Waals surface area contributed by atoms with Gasteiger partial charge < -0.3 is 16.6 Å². The molecular formula is C15H23N9O5S2. The summed E-state index contributed by atoms with van der Waals surface area (Å²) >= 11 is 0. The largest absolute Gasteiger partial charge is 0.390 e. The number of aromatic nitrogens is 1. The van der Waals surface area contributed by atoms with E-state index in [0.717, 1.165) is 6.07 Å². The second-order valence-corrected chi connectivity index (χ2v) is 9.82. The van der Waals surface area contributed by atoms with Crippen LogP contribution in [0.25, 0.3) is 11.1 Å². The number of hydrogen-bond acceptors (Lipinski definition) is 12. The molecule has 0 unspecified atom stereocenters. The van der Waals surface area contributed by atoms with Crippen molar-refractivity contribution >= 4 is 25.9 Å². The van der Waals surface area contributed by atoms with Gasteiger partial charge in [-0.1, -0.05) is 6.07 Å². The fraction of sp³-hybridized carbons (Fsp3) is 0.267. The van der Waals surface area contributed by atoms with E-state index in [1.54, 1.807) is 6.07 Å². The summed E-state index contributed by atoms with van der Waals surface area (Å²) in [5, 5.41) is 15.1. The van der Waals surface area contributed by atoms with E-state index < -0.39 is 48.7 Å². The van der Waals surface area contributed by atoms with E-state index in [4.69, 9.17) is 16.6 Å². The van der Waals surface area contributed by atoms with Crippen molar-refractivity contribution in [2.75, 3.05) is 18.8 Å². The van der Waals surface area contributed by atoms with Crippen LogP contribution in [0, 0.1) is 0 Å². The van der Waals surface area contributed by atoms with Gasteiger partial charge in [0.15, 0.2) is 0 Å². The van der Waals surface area contributed by atoms with Crippen LogP contribution in [0.5, 0.6) is 0 Å². The van der Waals surface area contributed by atoms with Crippen LogP contribution in [0.15, 0.2) is 40.3 Å². The highest BCUT2D eigenvalue weighted by Crippen LogP contribution is 2.36. The highest BCUT2D eigenvalue weighted by atomic mass is 32.2. The molecule has 2 heterocycles. The molecule has 1 fully saturated rings. The van der Waals surface area contributed by atoms with Gasteiger partial charge in [0.25, 0.3) is 0 Å². The van der Waals surface area contributed by atoms with Crippen LogP contribution in [-0.2, 0) is 20.0 Å². The number of anilines is 1. The third kappa shape index (κ3) is 5.15. The number of rotatable bonds is 8. The molecule has 0 bridgehead atoms. The topological polar surface area (TPSA) is 240 Å². The number of benzene rings is 1. The number of hydrogen-bond donors (Lipinski definition) is 9. The standard InChI is InChI=1S/C15H23N9O5S2/c16-6-9(25)7-20-31(28,29)11-2-1-10(8-3-4-19-12(17)5-8)13(14(11)30(18,26)27)15-21-23-24-22-15/h1-5,9,15,20-25H,6-7,16H2,(H2,17,19)(H2,18,26,27)/t9-/m0/s1. The van der Waals surface area contributed by atoms with Gasteiger partial charge in [0.2, 0.25) is 20.0 Å². The summed E-state index contributed by atoms with van der Waals surface area (Å²) in [7, 11) is -8.95. The molecule has 12 N–H and O–H groups in total. The molecule has 0 saturated carbocycles. The second kappa shape index (κ2) is 9.09. The molecule has 0 radical (unpaired) electrons. The van der Waals surface area contributed by atoms with Crippen molar-refractivity contribution < 1.29 is 21.9 Å². The summed E-state index contributed by atoms with van der Waals surface area (Å²) in [6, 6.07) is 5.63. The number of nitrogen functional groups attached to an aromatic ring is 1. The lowest BCUT2D eigenvalue weighted by atomic mass is 9.98. The Morgan fingerprint density at radius 2 is 1.84 bits per heavy atom. The lowest BCUT2D eigenvalue weighted by Crippen LogP contribution is -2.37. The Morgan fingerprint density at radius 1 is 1.16 bits per heavy atom. The minimum atomic E-state index is -4.56. The lowest BCUT2D eigenvalue weighted by Gasteiger charge is -2.22. The van der Waals surface area contributed by atoms with Crippen molar-refractivity contribution in [3.8, 4) is 11.1 Å². The van der Waals surface area contributed by atoms with Crippen LogP contribution in [0.4, 0.5) is 5.82 Å². The third-order valence-corrected chi connectivity index (χ3v) is 7.00. The van der Waals surface area contributed by atoms with Crippen LogP contribution in [0.2, 0.25) is 0 Å². The predicted molar refractivity (Wildman–Crippen MR) is 111 cm³/mol. The van der Waals surface area contributed by atoms with E-state index in [2.05, 4.69) is 31.6 Å². The van der Waals surface area contributed by atoms with E-state index in [1.165, 1.54) is 18.3 Å². The van der Waals surface area contributed by atoms with Gasteiger partial charge in [0.1, 0.15) is 21.8 Å². The molecule has 2 aromatic rings. The lowest BCUT2D eigenvalue weighted by molar-refractivity contribution is 0.186. The molecule has 3 rings (SSSR count). The summed E-state index contributed by atoms with van der Waals surface area (Å²) in [5.74, 6) is 0.179. The van der Waals surface area contributed by atoms with Crippen molar-refractivity contribution in [2.24, 2.45) is 10.9 Å². The number of nitrogens with one attached hydrogen (secondary N) is 5. The van der Waals surface area contributed by atoms with Gasteiger partial charge in [-0.15, -0.1) is 0 Å². The number of aliphatic hydroxyl groups is 1. The van der Waals surface area contributed by atoms with Crippen LogP contribution >= 0.6 is 0 Å². The molecule has 1 aromatic carbocycles. The maximum Gasteiger partial charge on any atom is 0.242 e. The molecule has 1 atom stereocenters. The quantitative estimate of drug-likeness (QED) is 0.183. The van der Waals surface area contributed by atoms with Crippen LogP contribution < -0.4 is 43.2 Å². The van der Waals surface area contributed by atoms with Crippen molar-refractivity contribution in [1.82, 2.24) is 31.6 Å². The zero-order chi connectivity index (χ0) is 22.8. The molecule has 16 heteroatoms. The molecule has 1 aliphatic heterocycles. The molecular weight excluding hydrogens is 450 g/mol. The first kappa shape index (κ1) is 23.4. The first-order chi connectivity index (χ1) is 14.5. The third-order valence-electron chi connectivity index (χ3n) is 4.39. The SMILES string of the molecule is NC[C@H](O)CNS(=O)(=O)c1ccc(-c2ccnc(N)c2)c(C2NNNN2)c1S(N)(=O)=O. The van der Waals surface area contributed by atoms with Crippen molar-refractivity contribution in [2.45, 2.75) is 22.1 Å². The number of hydrazine groups is 3. The molecule has 170 valence electrons. The van der Waals surface area contributed by atoms with Gasteiger partial charge in [0, 0.05) is 24.8 Å². The Bertz CT molecular complexity index is 1170. The summed E-state index contributed by atoms with van der Waals surface area (Å²) in [6.45, 7) is -0.602. The van der Waals surface area contributed by atoms with Crippen molar-refractivity contribution in [1.29, 1.82) is 0 Å². The molecule has 14 nitrogen and oxygen atoms in total. The fourth-order valence-electron chi connectivity index (χ4n) is 3.00. The number of sulfonamides is 2. The molecule has 1 aliphatic rings. The minimum Gasteiger partial charge on any atom is -0.390 e. The van der Waals surface area contributed by atoms with E-state index in [0.29, 0.717) is 11.1 Å². The number of aliphatic hydroxyl groups excluding tert-OH is 1.